The average molecular weight is 480 g/mol. The maximum Gasteiger partial charge on any atom is 0.277 e. The van der Waals surface area contributed by atoms with E-state index < -0.39 is 15.3 Å². The summed E-state index contributed by atoms with van der Waals surface area (Å²) >= 11 is 7.09. The lowest BCUT2D eigenvalue weighted by molar-refractivity contribution is 0.0993. The van der Waals surface area contributed by atoms with Gasteiger partial charge in [-0.15, -0.1) is 10.2 Å². The highest BCUT2D eigenvalue weighted by Crippen LogP contribution is 2.29. The first-order chi connectivity index (χ1) is 14.8. The molecule has 7 nitrogen and oxygen atoms in total. The Morgan fingerprint density at radius 3 is 2.52 bits per heavy atom. The summed E-state index contributed by atoms with van der Waals surface area (Å²) in [6.07, 6.45) is 0. The standard InChI is InChI=1S/C21H22ClN3O4S2/c1-4-25(5-2)31(27,28)18-11-7-9-16(13-18)20-23-24-21(29-20)30-14(3)19(26)15-8-6-10-17(22)12-15/h6-14H,4-5H2,1-3H3. The fourth-order valence-corrected chi connectivity index (χ4v) is 5.41. The molecule has 1 unspecified atom stereocenters. The van der Waals surface area contributed by atoms with Crippen molar-refractivity contribution in [2.24, 2.45) is 0 Å². The zero-order valence-electron chi connectivity index (χ0n) is 17.3. The number of hydrogen-bond donors (Lipinski definition) is 0. The molecule has 0 spiro atoms. The number of rotatable bonds is 9. The van der Waals surface area contributed by atoms with Gasteiger partial charge in [-0.2, -0.15) is 4.31 Å². The van der Waals surface area contributed by atoms with Gasteiger partial charge in [0.1, 0.15) is 0 Å². The Labute approximate surface area is 190 Å². The van der Waals surface area contributed by atoms with Gasteiger partial charge in [-0.3, -0.25) is 4.79 Å². The summed E-state index contributed by atoms with van der Waals surface area (Å²) < 4.78 is 32.6. The Bertz CT molecular complexity index is 1180. The number of hydrogen-bond acceptors (Lipinski definition) is 7. The molecule has 1 aromatic heterocycles. The molecular formula is C21H22ClN3O4S2. The van der Waals surface area contributed by atoms with Gasteiger partial charge in [0.05, 0.1) is 10.1 Å². The molecule has 0 amide bonds. The van der Waals surface area contributed by atoms with Gasteiger partial charge >= 0.3 is 0 Å². The van der Waals surface area contributed by atoms with Gasteiger partial charge < -0.3 is 4.42 Å². The summed E-state index contributed by atoms with van der Waals surface area (Å²) in [4.78, 5) is 12.8. The van der Waals surface area contributed by atoms with Crippen molar-refractivity contribution in [3.05, 3.63) is 59.1 Å². The van der Waals surface area contributed by atoms with Crippen molar-refractivity contribution >= 4 is 39.2 Å². The number of thioether (sulfide) groups is 1. The van der Waals surface area contributed by atoms with Gasteiger partial charge in [0.15, 0.2) is 5.78 Å². The Balaban J connectivity index is 1.79. The van der Waals surface area contributed by atoms with E-state index in [2.05, 4.69) is 10.2 Å². The van der Waals surface area contributed by atoms with Gasteiger partial charge in [-0.25, -0.2) is 8.42 Å². The lowest BCUT2D eigenvalue weighted by atomic mass is 10.1. The minimum absolute atomic E-state index is 0.112. The summed E-state index contributed by atoms with van der Waals surface area (Å²) in [6.45, 7) is 6.08. The minimum Gasteiger partial charge on any atom is -0.411 e. The van der Waals surface area contributed by atoms with Crippen molar-refractivity contribution < 1.29 is 17.6 Å². The number of benzene rings is 2. The van der Waals surface area contributed by atoms with Crippen LogP contribution in [-0.2, 0) is 10.0 Å². The molecule has 0 fully saturated rings. The average Bonchev–Trinajstić information content (AvgIpc) is 3.22. The van der Waals surface area contributed by atoms with E-state index in [0.717, 1.165) is 11.8 Å². The lowest BCUT2D eigenvalue weighted by Gasteiger charge is -2.18. The normalized spacial score (nSPS) is 12.8. The van der Waals surface area contributed by atoms with Crippen molar-refractivity contribution in [2.75, 3.05) is 13.1 Å². The SMILES string of the molecule is CCN(CC)S(=O)(=O)c1cccc(-c2nnc(SC(C)C(=O)c3cccc(Cl)c3)o2)c1. The van der Waals surface area contributed by atoms with Crippen LogP contribution in [0.2, 0.25) is 5.02 Å². The quantitative estimate of drug-likeness (QED) is 0.322. The van der Waals surface area contributed by atoms with E-state index in [1.165, 1.54) is 16.4 Å². The van der Waals surface area contributed by atoms with Crippen LogP contribution >= 0.6 is 23.4 Å². The zero-order valence-corrected chi connectivity index (χ0v) is 19.7. The molecule has 31 heavy (non-hydrogen) atoms. The second kappa shape index (κ2) is 9.95. The highest BCUT2D eigenvalue weighted by atomic mass is 35.5. The number of aromatic nitrogens is 2. The lowest BCUT2D eigenvalue weighted by Crippen LogP contribution is -2.30. The molecule has 2 aromatic carbocycles. The van der Waals surface area contributed by atoms with Crippen LogP contribution in [0.5, 0.6) is 0 Å². The summed E-state index contributed by atoms with van der Waals surface area (Å²) in [5.74, 6) is 0.0704. The molecule has 0 radical (unpaired) electrons. The molecule has 1 atom stereocenters. The number of carbonyl (C=O) groups is 1. The summed E-state index contributed by atoms with van der Waals surface area (Å²) in [6, 6.07) is 13.1. The van der Waals surface area contributed by atoms with Crippen molar-refractivity contribution in [3.63, 3.8) is 0 Å². The van der Waals surface area contributed by atoms with Crippen LogP contribution in [0.15, 0.2) is 63.1 Å². The zero-order chi connectivity index (χ0) is 22.6. The van der Waals surface area contributed by atoms with E-state index in [1.807, 2.05) is 0 Å². The van der Waals surface area contributed by atoms with E-state index in [4.69, 9.17) is 16.0 Å². The third kappa shape index (κ3) is 5.35. The predicted molar refractivity (Wildman–Crippen MR) is 121 cm³/mol. The molecule has 0 saturated heterocycles. The van der Waals surface area contributed by atoms with Crippen molar-refractivity contribution in [1.82, 2.24) is 14.5 Å². The maximum absolute atomic E-state index is 12.8. The largest absolute Gasteiger partial charge is 0.411 e. The molecule has 0 saturated carbocycles. The van der Waals surface area contributed by atoms with Gasteiger partial charge in [-0.05, 0) is 37.3 Å². The fraction of sp³-hybridized carbons (Fsp3) is 0.286. The Morgan fingerprint density at radius 2 is 1.84 bits per heavy atom. The molecule has 0 aliphatic carbocycles. The number of sulfonamides is 1. The number of carbonyl (C=O) groups excluding carboxylic acids is 1. The van der Waals surface area contributed by atoms with Crippen LogP contribution in [0.3, 0.4) is 0 Å². The Kier molecular flexibility index (Phi) is 7.53. The smallest absolute Gasteiger partial charge is 0.277 e. The van der Waals surface area contributed by atoms with Crippen LogP contribution in [0.1, 0.15) is 31.1 Å². The van der Waals surface area contributed by atoms with Gasteiger partial charge in [-0.1, -0.05) is 55.4 Å². The van der Waals surface area contributed by atoms with Gasteiger partial charge in [0.2, 0.25) is 15.9 Å². The molecule has 0 N–H and O–H groups in total. The van der Waals surface area contributed by atoms with Crippen LogP contribution in [0.25, 0.3) is 11.5 Å². The molecule has 164 valence electrons. The highest BCUT2D eigenvalue weighted by molar-refractivity contribution is 8.00. The fourth-order valence-electron chi connectivity index (χ4n) is 2.96. The first kappa shape index (κ1) is 23.5. The summed E-state index contributed by atoms with van der Waals surface area (Å²) in [5, 5.41) is 8.24. The Hall–Kier alpha value is -2.20. The first-order valence-electron chi connectivity index (χ1n) is 9.66. The van der Waals surface area contributed by atoms with E-state index in [1.54, 1.807) is 57.2 Å². The van der Waals surface area contributed by atoms with Crippen LogP contribution in [0.4, 0.5) is 0 Å². The molecule has 3 rings (SSSR count). The second-order valence-corrected chi connectivity index (χ2v) is 10.3. The molecule has 1 heterocycles. The van der Waals surface area contributed by atoms with Crippen LogP contribution < -0.4 is 0 Å². The van der Waals surface area contributed by atoms with E-state index in [0.29, 0.717) is 29.2 Å². The van der Waals surface area contributed by atoms with E-state index in [-0.39, 0.29) is 21.8 Å². The molecule has 0 aliphatic heterocycles. The van der Waals surface area contributed by atoms with Crippen molar-refractivity contribution in [1.29, 1.82) is 0 Å². The topological polar surface area (TPSA) is 93.4 Å². The number of Topliss-reactive ketones (excluding diaryl/α,β-unsaturated/α-hetero) is 1. The van der Waals surface area contributed by atoms with Crippen LogP contribution in [-0.4, -0.2) is 47.0 Å². The maximum atomic E-state index is 12.8. The van der Waals surface area contributed by atoms with Gasteiger partial charge in [0, 0.05) is 29.2 Å². The molecular weight excluding hydrogens is 458 g/mol. The monoisotopic (exact) mass is 479 g/mol. The summed E-state index contributed by atoms with van der Waals surface area (Å²) in [5.41, 5.74) is 0.989. The predicted octanol–water partition coefficient (Wildman–Crippen LogP) is 4.78. The van der Waals surface area contributed by atoms with Crippen molar-refractivity contribution in [3.8, 4) is 11.5 Å². The number of halogens is 1. The summed E-state index contributed by atoms with van der Waals surface area (Å²) in [7, 11) is -3.61. The third-order valence-electron chi connectivity index (χ3n) is 4.59. The minimum atomic E-state index is -3.61. The molecule has 10 heteroatoms. The van der Waals surface area contributed by atoms with Crippen molar-refractivity contribution in [2.45, 2.75) is 36.1 Å². The van der Waals surface area contributed by atoms with E-state index >= 15 is 0 Å². The molecule has 0 bridgehead atoms. The molecule has 0 aliphatic rings. The second-order valence-electron chi connectivity index (χ2n) is 6.62. The third-order valence-corrected chi connectivity index (χ3v) is 7.80. The first-order valence-corrected chi connectivity index (χ1v) is 12.4. The number of ketones is 1. The molecule has 3 aromatic rings. The van der Waals surface area contributed by atoms with Gasteiger partial charge in [0.25, 0.3) is 5.22 Å². The highest BCUT2D eigenvalue weighted by Gasteiger charge is 2.23. The van der Waals surface area contributed by atoms with Crippen LogP contribution in [0, 0.1) is 0 Å². The van der Waals surface area contributed by atoms with E-state index in [9.17, 15) is 13.2 Å². The Morgan fingerprint density at radius 1 is 1.13 bits per heavy atom. The number of nitrogens with zero attached hydrogens (tertiary/aromatic N) is 3.